The molecule has 2 atom stereocenters. The number of nitrogens with one attached hydrogen (secondary N) is 3. The van der Waals surface area contributed by atoms with Gasteiger partial charge in [0.05, 0.1) is 39.1 Å². The van der Waals surface area contributed by atoms with Crippen LogP contribution < -0.4 is 21.7 Å². The lowest BCUT2D eigenvalue weighted by atomic mass is 10.0. The highest BCUT2D eigenvalue weighted by atomic mass is 16.5. The van der Waals surface area contributed by atoms with Crippen LogP contribution in [0.25, 0.3) is 0 Å². The summed E-state index contributed by atoms with van der Waals surface area (Å²) in [5, 5.41) is 17.3. The fraction of sp³-hybridized carbons (Fsp3) is 0.895. The number of ether oxygens (including phenoxy) is 2. The van der Waals surface area contributed by atoms with Crippen LogP contribution in [0.4, 0.5) is 0 Å². The van der Waals surface area contributed by atoms with Gasteiger partial charge in [-0.25, -0.2) is 0 Å². The van der Waals surface area contributed by atoms with Gasteiger partial charge in [-0.1, -0.05) is 13.8 Å². The summed E-state index contributed by atoms with van der Waals surface area (Å²) in [5.74, 6) is -0.0162. The van der Waals surface area contributed by atoms with E-state index in [9.17, 15) is 9.59 Å². The molecule has 0 aliphatic heterocycles. The Kier molecular flexibility index (Phi) is 17.0. The number of carbonyl (C=O) groups excluding carboxylic acids is 2. The molecule has 0 fully saturated rings. The quantitative estimate of drug-likeness (QED) is 0.192. The average molecular weight is 405 g/mol. The zero-order valence-corrected chi connectivity index (χ0v) is 17.7. The summed E-state index contributed by atoms with van der Waals surface area (Å²) in [7, 11) is 1.75. The van der Waals surface area contributed by atoms with Crippen LogP contribution in [0.1, 0.15) is 39.5 Å². The van der Waals surface area contributed by atoms with Gasteiger partial charge in [0.1, 0.15) is 6.04 Å². The van der Waals surface area contributed by atoms with Gasteiger partial charge < -0.3 is 36.3 Å². The van der Waals surface area contributed by atoms with Gasteiger partial charge in [0, 0.05) is 6.54 Å². The third-order valence-corrected chi connectivity index (χ3v) is 4.11. The molecule has 0 aromatic heterocycles. The molecule has 166 valence electrons. The Morgan fingerprint density at radius 1 is 1.00 bits per heavy atom. The van der Waals surface area contributed by atoms with Crippen molar-refractivity contribution >= 4 is 11.8 Å². The van der Waals surface area contributed by atoms with Crippen LogP contribution in [0.5, 0.6) is 0 Å². The first-order chi connectivity index (χ1) is 13.5. The summed E-state index contributed by atoms with van der Waals surface area (Å²) in [4.78, 5) is 25.0. The molecule has 0 aliphatic carbocycles. The van der Waals surface area contributed by atoms with Crippen molar-refractivity contribution in [3.05, 3.63) is 0 Å². The summed E-state index contributed by atoms with van der Waals surface area (Å²) < 4.78 is 10.4. The molecule has 0 aromatic rings. The van der Waals surface area contributed by atoms with Gasteiger partial charge in [0.15, 0.2) is 0 Å². The second-order valence-corrected chi connectivity index (χ2v) is 7.06. The van der Waals surface area contributed by atoms with Crippen LogP contribution in [0.2, 0.25) is 0 Å². The van der Waals surface area contributed by atoms with Crippen LogP contribution in [-0.4, -0.2) is 82.2 Å². The van der Waals surface area contributed by atoms with E-state index in [0.717, 1.165) is 12.8 Å². The van der Waals surface area contributed by atoms with Crippen LogP contribution in [0.15, 0.2) is 0 Å². The van der Waals surface area contributed by atoms with E-state index in [1.54, 1.807) is 7.05 Å². The molecule has 28 heavy (non-hydrogen) atoms. The second kappa shape index (κ2) is 17.8. The predicted octanol–water partition coefficient (Wildman–Crippen LogP) is -0.624. The third-order valence-electron chi connectivity index (χ3n) is 4.11. The van der Waals surface area contributed by atoms with Gasteiger partial charge in [-0.15, -0.1) is 0 Å². The highest BCUT2D eigenvalue weighted by Gasteiger charge is 2.24. The summed E-state index contributed by atoms with van der Waals surface area (Å²) in [5.41, 5.74) is 5.54. The van der Waals surface area contributed by atoms with Gasteiger partial charge in [0.2, 0.25) is 11.8 Å². The van der Waals surface area contributed by atoms with Crippen molar-refractivity contribution in [2.75, 3.05) is 53.2 Å². The lowest BCUT2D eigenvalue weighted by Crippen LogP contribution is -2.52. The zero-order chi connectivity index (χ0) is 21.2. The molecule has 9 nitrogen and oxygen atoms in total. The van der Waals surface area contributed by atoms with Crippen molar-refractivity contribution < 1.29 is 24.2 Å². The maximum Gasteiger partial charge on any atom is 0.242 e. The number of aliphatic hydroxyl groups is 1. The van der Waals surface area contributed by atoms with Gasteiger partial charge in [-0.2, -0.15) is 0 Å². The average Bonchev–Trinajstić information content (AvgIpc) is 2.67. The van der Waals surface area contributed by atoms with Gasteiger partial charge in [0.25, 0.3) is 0 Å². The molecule has 0 radical (unpaired) electrons. The molecular weight excluding hydrogens is 364 g/mol. The Morgan fingerprint density at radius 2 is 1.68 bits per heavy atom. The number of nitrogens with two attached hydrogens (primary N) is 1. The number of hydrogen-bond acceptors (Lipinski definition) is 7. The van der Waals surface area contributed by atoms with E-state index in [4.69, 9.17) is 20.3 Å². The zero-order valence-electron chi connectivity index (χ0n) is 17.7. The molecule has 6 N–H and O–H groups in total. The summed E-state index contributed by atoms with van der Waals surface area (Å²) in [6, 6.07) is -0.915. The molecule has 0 saturated heterocycles. The van der Waals surface area contributed by atoms with Crippen LogP contribution in [0.3, 0.4) is 0 Å². The molecule has 1 unspecified atom stereocenters. The Morgan fingerprint density at radius 3 is 2.25 bits per heavy atom. The highest BCUT2D eigenvalue weighted by Crippen LogP contribution is 2.07. The Labute approximate surface area is 169 Å². The van der Waals surface area contributed by atoms with Gasteiger partial charge in [-0.3, -0.25) is 9.59 Å². The van der Waals surface area contributed by atoms with Crippen molar-refractivity contribution in [2.24, 2.45) is 11.7 Å². The lowest BCUT2D eigenvalue weighted by molar-refractivity contribution is -0.130. The van der Waals surface area contributed by atoms with Crippen molar-refractivity contribution in [2.45, 2.75) is 51.6 Å². The second-order valence-electron chi connectivity index (χ2n) is 7.06. The molecule has 0 bridgehead atoms. The molecule has 0 aromatic carbocycles. The first-order valence-electron chi connectivity index (χ1n) is 10.2. The summed E-state index contributed by atoms with van der Waals surface area (Å²) >= 11 is 0. The number of unbranched alkanes of at least 4 members (excludes halogenated alkanes) is 1. The van der Waals surface area contributed by atoms with E-state index in [1.807, 2.05) is 0 Å². The third kappa shape index (κ3) is 13.8. The van der Waals surface area contributed by atoms with Crippen molar-refractivity contribution in [1.29, 1.82) is 0 Å². The monoisotopic (exact) mass is 404 g/mol. The van der Waals surface area contributed by atoms with E-state index >= 15 is 0 Å². The van der Waals surface area contributed by atoms with E-state index in [-0.39, 0.29) is 31.1 Å². The molecule has 2 amide bonds. The molecule has 0 spiro atoms. The van der Waals surface area contributed by atoms with E-state index < -0.39 is 6.04 Å². The van der Waals surface area contributed by atoms with E-state index in [0.29, 0.717) is 51.7 Å². The Balaban J connectivity index is 4.40. The van der Waals surface area contributed by atoms with E-state index in [2.05, 4.69) is 29.8 Å². The number of likely N-dealkylation sites (N-methyl/N-ethyl adjacent to an activating group) is 1. The first-order valence-corrected chi connectivity index (χ1v) is 10.2. The SMILES string of the molecule is CNC(CC(C)C)C(=O)N[C@H](CCCCN)C(=O)NCCOCCOCCO. The minimum atomic E-state index is -0.588. The number of rotatable bonds is 18. The van der Waals surface area contributed by atoms with E-state index in [1.165, 1.54) is 0 Å². The highest BCUT2D eigenvalue weighted by molar-refractivity contribution is 5.89. The minimum absolute atomic E-state index is 0.0150. The maximum absolute atomic E-state index is 12.5. The predicted molar refractivity (Wildman–Crippen MR) is 109 cm³/mol. The van der Waals surface area contributed by atoms with Gasteiger partial charge >= 0.3 is 0 Å². The molecule has 0 heterocycles. The fourth-order valence-electron chi connectivity index (χ4n) is 2.62. The maximum atomic E-state index is 12.5. The first kappa shape index (κ1) is 26.7. The number of amides is 2. The van der Waals surface area contributed by atoms with Crippen LogP contribution in [0, 0.1) is 5.92 Å². The fourth-order valence-corrected chi connectivity index (χ4v) is 2.62. The molecule has 0 aliphatic rings. The smallest absolute Gasteiger partial charge is 0.242 e. The number of hydrogen-bond donors (Lipinski definition) is 5. The number of carbonyl (C=O) groups is 2. The molecule has 0 saturated carbocycles. The number of aliphatic hydroxyl groups excluding tert-OH is 1. The van der Waals surface area contributed by atoms with Crippen molar-refractivity contribution in [1.82, 2.24) is 16.0 Å². The normalized spacial score (nSPS) is 13.4. The Bertz CT molecular complexity index is 410. The lowest BCUT2D eigenvalue weighted by Gasteiger charge is -2.23. The van der Waals surface area contributed by atoms with Gasteiger partial charge in [-0.05, 0) is 45.2 Å². The van der Waals surface area contributed by atoms with Crippen LogP contribution in [-0.2, 0) is 19.1 Å². The summed E-state index contributed by atoms with van der Waals surface area (Å²) in [6.07, 6.45) is 2.81. The van der Waals surface area contributed by atoms with Crippen molar-refractivity contribution in [3.8, 4) is 0 Å². The summed E-state index contributed by atoms with van der Waals surface area (Å²) in [6.45, 7) is 6.43. The molecule has 0 rings (SSSR count). The van der Waals surface area contributed by atoms with Crippen LogP contribution >= 0.6 is 0 Å². The molecular formula is C19H40N4O5. The molecule has 9 heteroatoms. The topological polar surface area (TPSA) is 135 Å². The minimum Gasteiger partial charge on any atom is -0.394 e. The standard InChI is InChI=1S/C19H40N4O5/c1-15(2)14-17(21-3)19(26)23-16(6-4-5-7-20)18(25)22-8-10-27-12-13-28-11-9-24/h15-17,21,24H,4-14,20H2,1-3H3,(H,22,25)(H,23,26)/t16-,17?/m1/s1. The van der Waals surface area contributed by atoms with Crippen molar-refractivity contribution in [3.63, 3.8) is 0 Å². The Hall–Kier alpha value is -1.26. The largest absolute Gasteiger partial charge is 0.394 e.